The van der Waals surface area contributed by atoms with Gasteiger partial charge < -0.3 is 15.0 Å². The molecule has 0 unspecified atom stereocenters. The lowest BCUT2D eigenvalue weighted by molar-refractivity contribution is -0.130. The van der Waals surface area contributed by atoms with E-state index < -0.39 is 6.10 Å². The smallest absolute Gasteiger partial charge is 0.246 e. The number of amides is 1. The molecule has 0 radical (unpaired) electrons. The molecule has 1 aromatic carbocycles. The minimum absolute atomic E-state index is 0.0716. The van der Waals surface area contributed by atoms with Gasteiger partial charge in [0.25, 0.3) is 0 Å². The first kappa shape index (κ1) is 16.5. The highest BCUT2D eigenvalue weighted by Crippen LogP contribution is 2.23. The maximum atomic E-state index is 12.2. The Bertz CT molecular complexity index is 709. The van der Waals surface area contributed by atoms with E-state index in [2.05, 4.69) is 41.2 Å². The summed E-state index contributed by atoms with van der Waals surface area (Å²) in [5.74, 6) is 0.130. The lowest BCUT2D eigenvalue weighted by atomic mass is 9.87. The first-order valence-corrected chi connectivity index (χ1v) is 8.31. The number of aromatic amines is 1. The second-order valence-corrected chi connectivity index (χ2v) is 6.43. The molecule has 1 fully saturated rings. The van der Waals surface area contributed by atoms with Crippen LogP contribution in [0.4, 0.5) is 0 Å². The third kappa shape index (κ3) is 4.11. The summed E-state index contributed by atoms with van der Waals surface area (Å²) in [6, 6.07) is 8.39. The first-order chi connectivity index (χ1) is 11.6. The van der Waals surface area contributed by atoms with E-state index in [4.69, 9.17) is 0 Å². The fourth-order valence-corrected chi connectivity index (χ4v) is 3.18. The molecular weight excluding hydrogens is 302 g/mol. The van der Waals surface area contributed by atoms with Crippen molar-refractivity contribution in [3.05, 3.63) is 59.7 Å². The van der Waals surface area contributed by atoms with Crippen molar-refractivity contribution in [3.8, 4) is 0 Å². The van der Waals surface area contributed by atoms with Gasteiger partial charge in [-0.1, -0.05) is 29.8 Å². The Morgan fingerprint density at radius 1 is 1.50 bits per heavy atom. The normalized spacial score (nSPS) is 21.3. The number of nitrogens with one attached hydrogen (secondary N) is 1. The number of hydrogen-bond acceptors (Lipinski definition) is 3. The highest BCUT2D eigenvalue weighted by atomic mass is 16.3. The van der Waals surface area contributed by atoms with Crippen LogP contribution in [0, 0.1) is 12.8 Å². The molecule has 126 valence electrons. The molecule has 24 heavy (non-hydrogen) atoms. The van der Waals surface area contributed by atoms with Crippen LogP contribution in [0.1, 0.15) is 23.2 Å². The molecule has 1 amide bonds. The van der Waals surface area contributed by atoms with Gasteiger partial charge in [0.2, 0.25) is 5.91 Å². The lowest BCUT2D eigenvalue weighted by Gasteiger charge is -2.35. The first-order valence-electron chi connectivity index (χ1n) is 8.31. The molecule has 0 aliphatic carbocycles. The fraction of sp³-hybridized carbons (Fsp3) is 0.368. The van der Waals surface area contributed by atoms with Crippen LogP contribution in [-0.2, 0) is 11.2 Å². The van der Waals surface area contributed by atoms with Crippen molar-refractivity contribution >= 4 is 12.0 Å². The molecule has 2 heterocycles. The van der Waals surface area contributed by atoms with Gasteiger partial charge in [0.05, 0.1) is 24.3 Å². The van der Waals surface area contributed by atoms with Crippen molar-refractivity contribution in [2.24, 2.45) is 5.92 Å². The number of hydrogen-bond donors (Lipinski definition) is 2. The van der Waals surface area contributed by atoms with E-state index in [0.29, 0.717) is 13.1 Å². The van der Waals surface area contributed by atoms with Crippen molar-refractivity contribution in [2.75, 3.05) is 13.1 Å². The monoisotopic (exact) mass is 325 g/mol. The van der Waals surface area contributed by atoms with Gasteiger partial charge in [-0.25, -0.2) is 4.98 Å². The van der Waals surface area contributed by atoms with E-state index in [9.17, 15) is 9.90 Å². The second kappa shape index (κ2) is 7.45. The zero-order valence-electron chi connectivity index (χ0n) is 13.9. The molecule has 2 atom stereocenters. The van der Waals surface area contributed by atoms with E-state index in [1.807, 2.05) is 0 Å². The van der Waals surface area contributed by atoms with Gasteiger partial charge in [-0.05, 0) is 37.3 Å². The van der Waals surface area contributed by atoms with Crippen LogP contribution in [0.25, 0.3) is 6.08 Å². The van der Waals surface area contributed by atoms with E-state index in [1.54, 1.807) is 23.5 Å². The Balaban J connectivity index is 1.55. The van der Waals surface area contributed by atoms with Crippen LogP contribution >= 0.6 is 0 Å². The van der Waals surface area contributed by atoms with Crippen molar-refractivity contribution in [3.63, 3.8) is 0 Å². The topological polar surface area (TPSA) is 69.2 Å². The predicted molar refractivity (Wildman–Crippen MR) is 93.2 cm³/mol. The number of imidazole rings is 1. The van der Waals surface area contributed by atoms with Crippen LogP contribution in [-0.4, -0.2) is 45.1 Å². The van der Waals surface area contributed by atoms with Gasteiger partial charge in [0, 0.05) is 19.2 Å². The second-order valence-electron chi connectivity index (χ2n) is 6.43. The molecule has 1 aliphatic rings. The number of aromatic nitrogens is 2. The number of likely N-dealkylation sites (tertiary alicyclic amines) is 1. The van der Waals surface area contributed by atoms with E-state index in [-0.39, 0.29) is 11.8 Å². The Hall–Kier alpha value is -2.40. The summed E-state index contributed by atoms with van der Waals surface area (Å²) in [4.78, 5) is 20.8. The molecule has 5 nitrogen and oxygen atoms in total. The molecule has 0 spiro atoms. The maximum absolute atomic E-state index is 12.2. The van der Waals surface area contributed by atoms with E-state index in [1.165, 1.54) is 17.2 Å². The quantitative estimate of drug-likeness (QED) is 0.847. The van der Waals surface area contributed by atoms with E-state index >= 15 is 0 Å². The largest absolute Gasteiger partial charge is 0.391 e. The average Bonchev–Trinajstić information content (AvgIpc) is 3.08. The zero-order chi connectivity index (χ0) is 16.9. The van der Waals surface area contributed by atoms with E-state index in [0.717, 1.165) is 18.5 Å². The van der Waals surface area contributed by atoms with Crippen molar-refractivity contribution in [1.82, 2.24) is 14.9 Å². The molecule has 1 aliphatic heterocycles. The van der Waals surface area contributed by atoms with Crippen molar-refractivity contribution in [1.29, 1.82) is 0 Å². The van der Waals surface area contributed by atoms with Gasteiger partial charge in [0.1, 0.15) is 0 Å². The van der Waals surface area contributed by atoms with Crippen molar-refractivity contribution < 1.29 is 9.90 Å². The summed E-state index contributed by atoms with van der Waals surface area (Å²) in [6.07, 6.45) is 7.66. The average molecular weight is 325 g/mol. The summed E-state index contributed by atoms with van der Waals surface area (Å²) in [6.45, 7) is 3.15. The SMILES string of the molecule is Cc1cccc(C[C@H]2CCN(C(=O)/C=C/c3cnc[nH]3)C[C@H]2O)c1. The molecule has 1 saturated heterocycles. The third-order valence-electron chi connectivity index (χ3n) is 4.54. The van der Waals surface area contributed by atoms with Crippen LogP contribution in [0.3, 0.4) is 0 Å². The number of H-pyrrole nitrogens is 1. The highest BCUT2D eigenvalue weighted by molar-refractivity contribution is 5.91. The number of nitrogens with zero attached hydrogens (tertiary/aromatic N) is 2. The number of aliphatic hydroxyl groups is 1. The lowest BCUT2D eigenvalue weighted by Crippen LogP contribution is -2.46. The highest BCUT2D eigenvalue weighted by Gasteiger charge is 2.29. The van der Waals surface area contributed by atoms with Crippen LogP contribution in [0.5, 0.6) is 0 Å². The van der Waals surface area contributed by atoms with Gasteiger partial charge in [-0.2, -0.15) is 0 Å². The number of rotatable bonds is 4. The van der Waals surface area contributed by atoms with Gasteiger partial charge >= 0.3 is 0 Å². The van der Waals surface area contributed by atoms with Crippen molar-refractivity contribution in [2.45, 2.75) is 25.9 Å². The Morgan fingerprint density at radius 2 is 2.38 bits per heavy atom. The predicted octanol–water partition coefficient (Wildman–Crippen LogP) is 2.18. The number of benzene rings is 1. The number of aryl methyl sites for hydroxylation is 1. The molecule has 1 aromatic heterocycles. The number of carbonyl (C=O) groups excluding carboxylic acids is 1. The summed E-state index contributed by atoms with van der Waals surface area (Å²) in [5.41, 5.74) is 3.27. The zero-order valence-corrected chi connectivity index (χ0v) is 13.9. The van der Waals surface area contributed by atoms with Gasteiger partial charge in [-0.3, -0.25) is 4.79 Å². The summed E-state index contributed by atoms with van der Waals surface area (Å²) >= 11 is 0. The third-order valence-corrected chi connectivity index (χ3v) is 4.54. The number of β-amino-alcohol motifs (C(OH)–C–C–N with tert-alkyl or cyclic N) is 1. The molecule has 0 saturated carbocycles. The Labute approximate surface area is 142 Å². The molecule has 3 rings (SSSR count). The Kier molecular flexibility index (Phi) is 5.11. The minimum Gasteiger partial charge on any atom is -0.391 e. The fourth-order valence-electron chi connectivity index (χ4n) is 3.18. The number of piperidine rings is 1. The summed E-state index contributed by atoms with van der Waals surface area (Å²) < 4.78 is 0. The number of carbonyl (C=O) groups is 1. The maximum Gasteiger partial charge on any atom is 0.246 e. The summed E-state index contributed by atoms with van der Waals surface area (Å²) in [7, 11) is 0. The molecular formula is C19H23N3O2. The standard InChI is InChI=1S/C19H23N3O2/c1-14-3-2-4-15(9-14)10-16-7-8-22(12-18(16)23)19(24)6-5-17-11-20-13-21-17/h2-6,9,11,13,16,18,23H,7-8,10,12H2,1H3,(H,20,21)/b6-5+/t16-,18-/m1/s1. The van der Waals surface area contributed by atoms with Gasteiger partial charge in [0.15, 0.2) is 0 Å². The van der Waals surface area contributed by atoms with Crippen LogP contribution in [0.15, 0.2) is 42.9 Å². The molecule has 2 N–H and O–H groups in total. The Morgan fingerprint density at radius 3 is 3.08 bits per heavy atom. The molecule has 2 aromatic rings. The minimum atomic E-state index is -0.483. The van der Waals surface area contributed by atoms with Crippen LogP contribution in [0.2, 0.25) is 0 Å². The molecule has 0 bridgehead atoms. The molecule has 5 heteroatoms. The summed E-state index contributed by atoms with van der Waals surface area (Å²) in [5, 5.41) is 10.4. The number of aliphatic hydroxyl groups excluding tert-OH is 1. The van der Waals surface area contributed by atoms with Crippen LogP contribution < -0.4 is 0 Å². The van der Waals surface area contributed by atoms with Gasteiger partial charge in [-0.15, -0.1) is 0 Å².